The zero-order chi connectivity index (χ0) is 14.7. The van der Waals surface area contributed by atoms with Crippen LogP contribution in [0.2, 0.25) is 0 Å². The van der Waals surface area contributed by atoms with E-state index in [9.17, 15) is 9.59 Å². The van der Waals surface area contributed by atoms with Gasteiger partial charge < -0.3 is 14.8 Å². The molecule has 2 N–H and O–H groups in total. The quantitative estimate of drug-likeness (QED) is 0.827. The largest absolute Gasteiger partial charge is 0.367 e. The van der Waals surface area contributed by atoms with Crippen LogP contribution in [-0.2, 0) is 4.79 Å². The van der Waals surface area contributed by atoms with E-state index in [0.29, 0.717) is 25.2 Å². The third-order valence-corrected chi connectivity index (χ3v) is 4.89. The van der Waals surface area contributed by atoms with E-state index in [1.165, 1.54) is 0 Å². The average molecular weight is 308 g/mol. The maximum absolute atomic E-state index is 12.4. The molecule has 0 aliphatic carbocycles. The molecule has 1 aromatic heterocycles. The molecule has 2 fully saturated rings. The Bertz CT molecular complexity index is 499. The predicted octanol–water partition coefficient (Wildman–Crippen LogP) is 0.352. The molecule has 2 saturated heterocycles. The van der Waals surface area contributed by atoms with Gasteiger partial charge in [0.25, 0.3) is 5.91 Å². The van der Waals surface area contributed by atoms with Crippen LogP contribution in [0.4, 0.5) is 0 Å². The van der Waals surface area contributed by atoms with Crippen molar-refractivity contribution in [3.63, 3.8) is 0 Å². The van der Waals surface area contributed by atoms with Gasteiger partial charge in [-0.2, -0.15) is 0 Å². The smallest absolute Gasteiger partial charge is 0.255 e. The summed E-state index contributed by atoms with van der Waals surface area (Å²) in [6.45, 7) is 2.67. The molecule has 2 aliphatic rings. The molecule has 7 heteroatoms. The topological polar surface area (TPSA) is 68.4 Å². The summed E-state index contributed by atoms with van der Waals surface area (Å²) in [5.74, 6) is 1.92. The molecule has 1 atom stereocenters. The second-order valence-corrected chi connectivity index (χ2v) is 6.37. The molecule has 0 bridgehead atoms. The molecule has 0 radical (unpaired) electrons. The van der Waals surface area contributed by atoms with Crippen molar-refractivity contribution in [1.29, 1.82) is 0 Å². The van der Waals surface area contributed by atoms with Crippen LogP contribution in [0.3, 0.4) is 0 Å². The van der Waals surface area contributed by atoms with Crippen molar-refractivity contribution in [2.45, 2.75) is 12.5 Å². The van der Waals surface area contributed by atoms with Gasteiger partial charge in [0.1, 0.15) is 0 Å². The standard InChI is InChI=1S/C14H20N4O2S/c19-13(11-2-3-15-8-11)17-4-1-5-18(7-6-17)14(20)12-9-21-10-16-12/h2-3,8,12,15-16H,1,4-7,9-10H2. The first kappa shape index (κ1) is 14.5. The van der Waals surface area contributed by atoms with Crippen LogP contribution >= 0.6 is 11.8 Å². The minimum Gasteiger partial charge on any atom is -0.367 e. The highest BCUT2D eigenvalue weighted by atomic mass is 32.2. The molecule has 21 heavy (non-hydrogen) atoms. The monoisotopic (exact) mass is 308 g/mol. The molecular formula is C14H20N4O2S. The van der Waals surface area contributed by atoms with Gasteiger partial charge in [-0.15, -0.1) is 11.8 Å². The molecule has 1 aromatic rings. The highest BCUT2D eigenvalue weighted by Crippen LogP contribution is 2.14. The lowest BCUT2D eigenvalue weighted by Crippen LogP contribution is -2.46. The highest BCUT2D eigenvalue weighted by molar-refractivity contribution is 7.99. The third kappa shape index (κ3) is 3.24. The molecular weight excluding hydrogens is 288 g/mol. The molecule has 6 nitrogen and oxygen atoms in total. The Morgan fingerprint density at radius 2 is 2.00 bits per heavy atom. The van der Waals surface area contributed by atoms with E-state index in [-0.39, 0.29) is 17.9 Å². The lowest BCUT2D eigenvalue weighted by Gasteiger charge is -2.24. The van der Waals surface area contributed by atoms with Crippen LogP contribution in [0.15, 0.2) is 18.5 Å². The van der Waals surface area contributed by atoms with Crippen LogP contribution in [0.25, 0.3) is 0 Å². The van der Waals surface area contributed by atoms with Crippen LogP contribution < -0.4 is 5.32 Å². The Balaban J connectivity index is 1.59. The number of aromatic amines is 1. The number of aromatic nitrogens is 1. The van der Waals surface area contributed by atoms with E-state index in [2.05, 4.69) is 10.3 Å². The minimum absolute atomic E-state index is 0.0418. The van der Waals surface area contributed by atoms with Crippen molar-refractivity contribution in [2.75, 3.05) is 37.8 Å². The summed E-state index contributed by atoms with van der Waals surface area (Å²) in [4.78, 5) is 31.4. The summed E-state index contributed by atoms with van der Waals surface area (Å²) >= 11 is 1.76. The van der Waals surface area contributed by atoms with Gasteiger partial charge in [0.05, 0.1) is 11.6 Å². The van der Waals surface area contributed by atoms with Gasteiger partial charge in [-0.1, -0.05) is 0 Å². The molecule has 0 spiro atoms. The predicted molar refractivity (Wildman–Crippen MR) is 82.1 cm³/mol. The number of amides is 2. The number of nitrogens with zero attached hydrogens (tertiary/aromatic N) is 2. The Labute approximate surface area is 128 Å². The number of thioether (sulfide) groups is 1. The van der Waals surface area contributed by atoms with Gasteiger partial charge in [0, 0.05) is 50.2 Å². The molecule has 0 aromatic carbocycles. The van der Waals surface area contributed by atoms with Crippen molar-refractivity contribution in [2.24, 2.45) is 0 Å². The Kier molecular flexibility index (Phi) is 4.50. The molecule has 0 saturated carbocycles. The fraction of sp³-hybridized carbons (Fsp3) is 0.571. The third-order valence-electron chi connectivity index (χ3n) is 3.95. The van der Waals surface area contributed by atoms with Gasteiger partial charge in [0.15, 0.2) is 0 Å². The zero-order valence-corrected chi connectivity index (χ0v) is 12.7. The normalized spacial score (nSPS) is 23.1. The van der Waals surface area contributed by atoms with Gasteiger partial charge in [-0.3, -0.25) is 14.9 Å². The number of nitrogens with one attached hydrogen (secondary N) is 2. The van der Waals surface area contributed by atoms with E-state index in [1.54, 1.807) is 30.2 Å². The average Bonchev–Trinajstić information content (AvgIpc) is 3.15. The van der Waals surface area contributed by atoms with Crippen LogP contribution in [0.5, 0.6) is 0 Å². The SMILES string of the molecule is O=C(c1cc[nH]c1)N1CCCN(C(=O)C2CSCN2)CC1. The van der Waals surface area contributed by atoms with Crippen LogP contribution in [0, 0.1) is 0 Å². The number of carbonyl (C=O) groups excluding carboxylic acids is 2. The summed E-state index contributed by atoms with van der Waals surface area (Å²) in [5, 5.41) is 3.22. The number of carbonyl (C=O) groups is 2. The van der Waals surface area contributed by atoms with Gasteiger partial charge in [-0.25, -0.2) is 0 Å². The number of rotatable bonds is 2. The van der Waals surface area contributed by atoms with E-state index in [1.807, 2.05) is 9.80 Å². The van der Waals surface area contributed by atoms with Crippen LogP contribution in [-0.4, -0.2) is 70.4 Å². The molecule has 3 rings (SSSR count). The van der Waals surface area contributed by atoms with Crippen molar-refractivity contribution >= 4 is 23.6 Å². The van der Waals surface area contributed by atoms with Crippen molar-refractivity contribution in [3.05, 3.63) is 24.0 Å². The fourth-order valence-corrected chi connectivity index (χ4v) is 3.69. The number of hydrogen-bond donors (Lipinski definition) is 2. The Morgan fingerprint density at radius 1 is 1.19 bits per heavy atom. The van der Waals surface area contributed by atoms with E-state index in [4.69, 9.17) is 0 Å². The summed E-state index contributed by atoms with van der Waals surface area (Å²) in [6, 6.07) is 1.73. The summed E-state index contributed by atoms with van der Waals surface area (Å²) in [7, 11) is 0. The van der Waals surface area contributed by atoms with E-state index >= 15 is 0 Å². The fourth-order valence-electron chi connectivity index (χ4n) is 2.75. The lowest BCUT2D eigenvalue weighted by atomic mass is 10.2. The van der Waals surface area contributed by atoms with Crippen LogP contribution in [0.1, 0.15) is 16.8 Å². The van der Waals surface area contributed by atoms with Crippen molar-refractivity contribution < 1.29 is 9.59 Å². The molecule has 2 amide bonds. The minimum atomic E-state index is -0.0538. The second-order valence-electron chi connectivity index (χ2n) is 5.34. The summed E-state index contributed by atoms with van der Waals surface area (Å²) < 4.78 is 0. The van der Waals surface area contributed by atoms with E-state index in [0.717, 1.165) is 24.6 Å². The van der Waals surface area contributed by atoms with Gasteiger partial charge in [-0.05, 0) is 12.5 Å². The summed E-state index contributed by atoms with van der Waals surface area (Å²) in [6.07, 6.45) is 4.31. The lowest BCUT2D eigenvalue weighted by molar-refractivity contribution is -0.132. The first-order valence-corrected chi connectivity index (χ1v) is 8.43. The Hall–Kier alpha value is -1.47. The maximum Gasteiger partial charge on any atom is 0.255 e. The summed E-state index contributed by atoms with van der Waals surface area (Å²) in [5.41, 5.74) is 0.684. The molecule has 3 heterocycles. The van der Waals surface area contributed by atoms with Crippen molar-refractivity contribution in [3.8, 4) is 0 Å². The maximum atomic E-state index is 12.4. The molecule has 1 unspecified atom stereocenters. The second kappa shape index (κ2) is 6.53. The molecule has 2 aliphatic heterocycles. The number of H-pyrrole nitrogens is 1. The van der Waals surface area contributed by atoms with Gasteiger partial charge >= 0.3 is 0 Å². The van der Waals surface area contributed by atoms with Crippen molar-refractivity contribution in [1.82, 2.24) is 20.1 Å². The first-order chi connectivity index (χ1) is 10.3. The zero-order valence-electron chi connectivity index (χ0n) is 11.9. The molecule has 114 valence electrons. The Morgan fingerprint density at radius 3 is 2.71 bits per heavy atom. The van der Waals surface area contributed by atoms with Gasteiger partial charge in [0.2, 0.25) is 5.91 Å². The number of hydrogen-bond acceptors (Lipinski definition) is 4. The van der Waals surface area contributed by atoms with E-state index < -0.39 is 0 Å². The first-order valence-electron chi connectivity index (χ1n) is 7.27. The highest BCUT2D eigenvalue weighted by Gasteiger charge is 2.29.